The average molecular weight is 257 g/mol. The number of nitrogens with one attached hydrogen (secondary N) is 2. The quantitative estimate of drug-likeness (QED) is 0.760. The van der Waals surface area contributed by atoms with Gasteiger partial charge in [-0.15, -0.1) is 0 Å². The Balaban J connectivity index is 2.15. The highest BCUT2D eigenvalue weighted by Crippen LogP contribution is 2.25. The second-order valence-electron chi connectivity index (χ2n) is 4.72. The maximum absolute atomic E-state index is 11.4. The fourth-order valence-electron chi connectivity index (χ4n) is 1.65. The zero-order valence-electron chi connectivity index (χ0n) is 11.0. The molecule has 2 N–H and O–H groups in total. The molecule has 0 saturated heterocycles. The third-order valence-electron chi connectivity index (χ3n) is 2.42. The number of nitrogens with zero attached hydrogens (tertiary/aromatic N) is 1. The maximum Gasteiger partial charge on any atom is 0.239 e. The van der Waals surface area contributed by atoms with Gasteiger partial charge in [0.1, 0.15) is 0 Å². The summed E-state index contributed by atoms with van der Waals surface area (Å²) < 4.78 is 0. The molecule has 1 amide bonds. The van der Waals surface area contributed by atoms with Crippen LogP contribution in [0, 0.1) is 5.92 Å². The van der Waals surface area contributed by atoms with Gasteiger partial charge in [-0.25, -0.2) is 0 Å². The molecule has 1 atom stereocenters. The van der Waals surface area contributed by atoms with Crippen LogP contribution in [0.15, 0.2) is 4.99 Å². The summed E-state index contributed by atoms with van der Waals surface area (Å²) in [6, 6.07) is 0. The number of hydrogen-bond donors (Lipinski definition) is 2. The lowest BCUT2D eigenvalue weighted by molar-refractivity contribution is -0.119. The molecule has 0 radical (unpaired) electrons. The first-order valence-electron chi connectivity index (χ1n) is 6.33. The molecular weight excluding hydrogens is 234 g/mol. The van der Waals surface area contributed by atoms with Crippen LogP contribution in [0.5, 0.6) is 0 Å². The van der Waals surface area contributed by atoms with Gasteiger partial charge in [0.25, 0.3) is 0 Å². The Morgan fingerprint density at radius 1 is 1.59 bits per heavy atom. The van der Waals surface area contributed by atoms with Crippen molar-refractivity contribution in [3.63, 3.8) is 0 Å². The van der Waals surface area contributed by atoms with Crippen LogP contribution in [-0.2, 0) is 4.79 Å². The van der Waals surface area contributed by atoms with E-state index in [0.29, 0.717) is 17.7 Å². The zero-order valence-corrected chi connectivity index (χ0v) is 11.8. The van der Waals surface area contributed by atoms with E-state index in [1.807, 2.05) is 6.92 Å². The maximum atomic E-state index is 11.4. The molecule has 0 spiro atoms. The topological polar surface area (TPSA) is 53.5 Å². The highest BCUT2D eigenvalue weighted by atomic mass is 32.2. The van der Waals surface area contributed by atoms with Crippen molar-refractivity contribution in [2.45, 2.75) is 38.9 Å². The molecule has 0 aromatic rings. The van der Waals surface area contributed by atoms with Crippen molar-refractivity contribution in [1.29, 1.82) is 0 Å². The first-order valence-corrected chi connectivity index (χ1v) is 7.21. The van der Waals surface area contributed by atoms with Crippen molar-refractivity contribution in [3.05, 3.63) is 0 Å². The minimum Gasteiger partial charge on any atom is -0.356 e. The van der Waals surface area contributed by atoms with Gasteiger partial charge in [-0.1, -0.05) is 32.5 Å². The number of amides is 1. The summed E-state index contributed by atoms with van der Waals surface area (Å²) in [6.07, 6.45) is 2.15. The normalized spacial score (nSPS) is 19.3. The summed E-state index contributed by atoms with van der Waals surface area (Å²) in [5.41, 5.74) is 0. The lowest BCUT2D eigenvalue weighted by atomic mass is 10.1. The molecule has 17 heavy (non-hydrogen) atoms. The van der Waals surface area contributed by atoms with E-state index in [1.54, 1.807) is 11.8 Å². The Bertz CT molecular complexity index is 279. The summed E-state index contributed by atoms with van der Waals surface area (Å²) in [4.78, 5) is 15.8. The van der Waals surface area contributed by atoms with E-state index < -0.39 is 0 Å². The van der Waals surface area contributed by atoms with Crippen LogP contribution in [0.3, 0.4) is 0 Å². The smallest absolute Gasteiger partial charge is 0.239 e. The van der Waals surface area contributed by atoms with Gasteiger partial charge in [0.2, 0.25) is 5.91 Å². The van der Waals surface area contributed by atoms with Crippen molar-refractivity contribution in [1.82, 2.24) is 10.6 Å². The van der Waals surface area contributed by atoms with Crippen molar-refractivity contribution in [3.8, 4) is 0 Å². The number of amidine groups is 1. The monoisotopic (exact) mass is 257 g/mol. The number of carbonyl (C=O) groups is 1. The fraction of sp³-hybridized carbons (Fsp3) is 0.833. The first kappa shape index (κ1) is 14.4. The first-order chi connectivity index (χ1) is 8.11. The predicted molar refractivity (Wildman–Crippen MR) is 74.4 cm³/mol. The van der Waals surface area contributed by atoms with Crippen molar-refractivity contribution in [2.75, 3.05) is 19.6 Å². The van der Waals surface area contributed by atoms with Crippen LogP contribution in [0.1, 0.15) is 33.6 Å². The van der Waals surface area contributed by atoms with Gasteiger partial charge in [0, 0.05) is 11.8 Å². The molecule has 1 aliphatic heterocycles. The molecule has 98 valence electrons. The van der Waals surface area contributed by atoms with E-state index in [-0.39, 0.29) is 5.91 Å². The van der Waals surface area contributed by atoms with Crippen LogP contribution in [-0.4, -0.2) is 36.0 Å². The summed E-state index contributed by atoms with van der Waals surface area (Å²) >= 11 is 1.76. The average Bonchev–Trinajstić information content (AvgIpc) is 2.70. The minimum atomic E-state index is 0.0439. The fourth-order valence-corrected chi connectivity index (χ4v) is 2.90. The Morgan fingerprint density at radius 2 is 2.35 bits per heavy atom. The molecule has 0 aromatic carbocycles. The van der Waals surface area contributed by atoms with Crippen LogP contribution in [0.25, 0.3) is 0 Å². The lowest BCUT2D eigenvalue weighted by Gasteiger charge is -2.11. The molecule has 1 heterocycles. The Morgan fingerprint density at radius 3 is 3.00 bits per heavy atom. The second kappa shape index (κ2) is 7.58. The van der Waals surface area contributed by atoms with E-state index in [0.717, 1.165) is 24.7 Å². The van der Waals surface area contributed by atoms with E-state index >= 15 is 0 Å². The molecular formula is C12H23N3OS. The summed E-state index contributed by atoms with van der Waals surface area (Å²) in [7, 11) is 0. The van der Waals surface area contributed by atoms with Crippen LogP contribution in [0.2, 0.25) is 0 Å². The highest BCUT2D eigenvalue weighted by Gasteiger charge is 2.20. The molecule has 4 nitrogen and oxygen atoms in total. The van der Waals surface area contributed by atoms with E-state index in [4.69, 9.17) is 0 Å². The van der Waals surface area contributed by atoms with Gasteiger partial charge in [-0.2, -0.15) is 0 Å². The number of rotatable bonds is 6. The third kappa shape index (κ3) is 5.96. The molecule has 0 aromatic heterocycles. The van der Waals surface area contributed by atoms with Crippen LogP contribution >= 0.6 is 11.8 Å². The molecule has 5 heteroatoms. The van der Waals surface area contributed by atoms with E-state index in [9.17, 15) is 4.79 Å². The molecule has 0 aliphatic carbocycles. The Labute approximate surface area is 108 Å². The Hall–Kier alpha value is -0.710. The van der Waals surface area contributed by atoms with Crippen LogP contribution in [0.4, 0.5) is 0 Å². The predicted octanol–water partition coefficient (Wildman–Crippen LogP) is 1.62. The van der Waals surface area contributed by atoms with Gasteiger partial charge < -0.3 is 10.6 Å². The molecule has 0 saturated carbocycles. The molecule has 0 bridgehead atoms. The molecule has 1 aliphatic rings. The van der Waals surface area contributed by atoms with Gasteiger partial charge in [0.05, 0.1) is 13.1 Å². The standard InChI is InChI=1S/C12H23N3OS/c1-4-5-13-11(16)8-15-12-14-7-10(17-12)6-9(2)3/h9-10H,4-8H2,1-3H3,(H,13,16)(H,14,15). The lowest BCUT2D eigenvalue weighted by Crippen LogP contribution is -2.36. The number of thioether (sulfide) groups is 1. The van der Waals surface area contributed by atoms with Crippen molar-refractivity contribution in [2.24, 2.45) is 10.9 Å². The number of carbonyl (C=O) groups excluding carboxylic acids is 1. The minimum absolute atomic E-state index is 0.0439. The van der Waals surface area contributed by atoms with E-state index in [2.05, 4.69) is 29.5 Å². The zero-order chi connectivity index (χ0) is 12.7. The van der Waals surface area contributed by atoms with Crippen LogP contribution < -0.4 is 10.6 Å². The Kier molecular flexibility index (Phi) is 6.40. The third-order valence-corrected chi connectivity index (χ3v) is 3.60. The van der Waals surface area contributed by atoms with Crippen molar-refractivity contribution >= 4 is 22.8 Å². The summed E-state index contributed by atoms with van der Waals surface area (Å²) in [5, 5.41) is 7.43. The number of hydrogen-bond acceptors (Lipinski definition) is 4. The molecule has 1 rings (SSSR count). The van der Waals surface area contributed by atoms with Gasteiger partial charge in [-0.05, 0) is 18.8 Å². The van der Waals surface area contributed by atoms with Gasteiger partial charge in [-0.3, -0.25) is 9.79 Å². The summed E-state index contributed by atoms with van der Waals surface area (Å²) in [5.74, 6) is 0.748. The van der Waals surface area contributed by atoms with Crippen molar-refractivity contribution < 1.29 is 4.79 Å². The largest absolute Gasteiger partial charge is 0.356 e. The second-order valence-corrected chi connectivity index (χ2v) is 6.01. The molecule has 1 unspecified atom stereocenters. The van der Waals surface area contributed by atoms with Gasteiger partial charge in [0.15, 0.2) is 5.17 Å². The SMILES string of the molecule is CCCNC(=O)CNC1=NCC(CC(C)C)S1. The number of aliphatic imine (C=N–C) groups is 1. The van der Waals surface area contributed by atoms with Gasteiger partial charge >= 0.3 is 0 Å². The molecule has 0 fully saturated rings. The highest BCUT2D eigenvalue weighted by molar-refractivity contribution is 8.14. The summed E-state index contributed by atoms with van der Waals surface area (Å²) in [6.45, 7) is 8.45. The van der Waals surface area contributed by atoms with E-state index in [1.165, 1.54) is 6.42 Å².